The second kappa shape index (κ2) is 2.97. The maximum Gasteiger partial charge on any atom is 0.161 e. The van der Waals surface area contributed by atoms with Gasteiger partial charge in [0.05, 0.1) is 0 Å². The van der Waals surface area contributed by atoms with Crippen LogP contribution in [0.3, 0.4) is 0 Å². The summed E-state index contributed by atoms with van der Waals surface area (Å²) in [5.74, 6) is 0.326. The lowest BCUT2D eigenvalue weighted by Gasteiger charge is -2.34. The molecule has 0 saturated carbocycles. The number of dihydropyridines is 1. The first-order valence-electron chi connectivity index (χ1n) is 5.17. The van der Waals surface area contributed by atoms with Gasteiger partial charge in [-0.1, -0.05) is 19.9 Å². The predicted molar refractivity (Wildman–Crippen MR) is 56.6 cm³/mol. The maximum absolute atomic E-state index is 11.8. The maximum atomic E-state index is 11.8. The van der Waals surface area contributed by atoms with Gasteiger partial charge in [-0.15, -0.1) is 0 Å². The third kappa shape index (κ3) is 1.61. The zero-order valence-electron chi connectivity index (χ0n) is 9.11. The van der Waals surface area contributed by atoms with Gasteiger partial charge in [0.1, 0.15) is 0 Å². The number of hydrogen-bond donors (Lipinski definition) is 1. The summed E-state index contributed by atoms with van der Waals surface area (Å²) in [6, 6.07) is 0. The molecule has 0 bridgehead atoms. The molecule has 0 spiro atoms. The van der Waals surface area contributed by atoms with Crippen molar-refractivity contribution >= 4 is 5.78 Å². The monoisotopic (exact) mass is 191 g/mol. The van der Waals surface area contributed by atoms with E-state index < -0.39 is 0 Å². The van der Waals surface area contributed by atoms with Crippen LogP contribution in [0.25, 0.3) is 0 Å². The molecule has 0 aromatic heterocycles. The van der Waals surface area contributed by atoms with Gasteiger partial charge in [0.25, 0.3) is 0 Å². The van der Waals surface area contributed by atoms with Gasteiger partial charge in [-0.05, 0) is 25.2 Å². The van der Waals surface area contributed by atoms with Crippen LogP contribution in [0, 0.1) is 5.41 Å². The molecule has 2 aliphatic rings. The Bertz CT molecular complexity index is 347. The molecule has 1 aliphatic carbocycles. The molecule has 0 radical (unpaired) electrons. The van der Waals surface area contributed by atoms with E-state index in [0.717, 1.165) is 24.1 Å². The molecule has 1 N–H and O–H groups in total. The van der Waals surface area contributed by atoms with Crippen LogP contribution >= 0.6 is 0 Å². The summed E-state index contributed by atoms with van der Waals surface area (Å²) in [5.41, 5.74) is 3.47. The van der Waals surface area contributed by atoms with Crippen molar-refractivity contribution in [1.82, 2.24) is 5.32 Å². The number of Topliss-reactive ketones (excluding diaryl/α,β-unsaturated/α-hetero) is 1. The summed E-state index contributed by atoms with van der Waals surface area (Å²) >= 11 is 0. The summed E-state index contributed by atoms with van der Waals surface area (Å²) in [7, 11) is 0. The minimum atomic E-state index is 0.126. The van der Waals surface area contributed by atoms with Gasteiger partial charge in [-0.2, -0.15) is 0 Å². The van der Waals surface area contributed by atoms with E-state index in [1.807, 2.05) is 0 Å². The van der Waals surface area contributed by atoms with Gasteiger partial charge in [0.2, 0.25) is 0 Å². The van der Waals surface area contributed by atoms with E-state index in [0.29, 0.717) is 12.2 Å². The molecule has 0 unspecified atom stereocenters. The topological polar surface area (TPSA) is 29.1 Å². The number of nitrogens with one attached hydrogen (secondary N) is 1. The van der Waals surface area contributed by atoms with Gasteiger partial charge in [-0.3, -0.25) is 4.79 Å². The van der Waals surface area contributed by atoms with Crippen molar-refractivity contribution < 1.29 is 4.79 Å². The Balaban J connectivity index is 2.31. The van der Waals surface area contributed by atoms with Crippen LogP contribution < -0.4 is 5.32 Å². The molecule has 1 aliphatic heterocycles. The quantitative estimate of drug-likeness (QED) is 0.637. The fourth-order valence-corrected chi connectivity index (χ4v) is 2.26. The lowest BCUT2D eigenvalue weighted by Crippen LogP contribution is -2.32. The molecule has 0 aromatic rings. The first-order valence-corrected chi connectivity index (χ1v) is 5.17. The summed E-state index contributed by atoms with van der Waals surface area (Å²) < 4.78 is 0. The normalized spacial score (nSPS) is 25.4. The average molecular weight is 191 g/mol. The standard InChI is InChI=1S/C12H17NO/c1-8-4-5-9-10(13-8)6-12(2,3)7-11(9)14/h4,13H,5-7H2,1-3H3. The zero-order chi connectivity index (χ0) is 10.3. The van der Waals surface area contributed by atoms with E-state index in [4.69, 9.17) is 0 Å². The molecule has 0 amide bonds. The second-order valence-corrected chi connectivity index (χ2v) is 5.11. The molecular weight excluding hydrogens is 174 g/mol. The van der Waals surface area contributed by atoms with Gasteiger partial charge >= 0.3 is 0 Å². The fraction of sp³-hybridized carbons (Fsp3) is 0.583. The molecule has 2 nitrogen and oxygen atoms in total. The summed E-state index contributed by atoms with van der Waals surface area (Å²) in [6.45, 7) is 6.36. The number of hydrogen-bond acceptors (Lipinski definition) is 2. The highest BCUT2D eigenvalue weighted by Gasteiger charge is 2.33. The Labute approximate surface area is 85.1 Å². The van der Waals surface area contributed by atoms with Gasteiger partial charge < -0.3 is 5.32 Å². The number of carbonyl (C=O) groups is 1. The van der Waals surface area contributed by atoms with Crippen LogP contribution in [-0.2, 0) is 4.79 Å². The Hall–Kier alpha value is -1.05. The second-order valence-electron chi connectivity index (χ2n) is 5.11. The molecule has 0 fully saturated rings. The van der Waals surface area contributed by atoms with Gasteiger partial charge in [0, 0.05) is 23.4 Å². The third-order valence-corrected chi connectivity index (χ3v) is 2.96. The number of rotatable bonds is 0. The minimum Gasteiger partial charge on any atom is -0.362 e. The van der Waals surface area contributed by atoms with Crippen molar-refractivity contribution in [3.8, 4) is 0 Å². The molecule has 76 valence electrons. The van der Waals surface area contributed by atoms with Gasteiger partial charge in [-0.25, -0.2) is 0 Å². The highest BCUT2D eigenvalue weighted by atomic mass is 16.1. The Morgan fingerprint density at radius 1 is 1.36 bits per heavy atom. The Morgan fingerprint density at radius 2 is 2.07 bits per heavy atom. The first kappa shape index (κ1) is 9.50. The molecule has 2 rings (SSSR count). The van der Waals surface area contributed by atoms with E-state index >= 15 is 0 Å². The predicted octanol–water partition coefficient (Wildman–Crippen LogP) is 2.53. The highest BCUT2D eigenvalue weighted by Crippen LogP contribution is 2.38. The fourth-order valence-electron chi connectivity index (χ4n) is 2.26. The van der Waals surface area contributed by atoms with Crippen molar-refractivity contribution in [2.45, 2.75) is 40.0 Å². The smallest absolute Gasteiger partial charge is 0.161 e. The Kier molecular flexibility index (Phi) is 2.02. The largest absolute Gasteiger partial charge is 0.362 e. The Morgan fingerprint density at radius 3 is 2.79 bits per heavy atom. The van der Waals surface area contributed by atoms with Crippen molar-refractivity contribution in [2.75, 3.05) is 0 Å². The summed E-state index contributed by atoms with van der Waals surface area (Å²) in [4.78, 5) is 11.8. The molecule has 1 heterocycles. The van der Waals surface area contributed by atoms with E-state index in [9.17, 15) is 4.79 Å². The lowest BCUT2D eigenvalue weighted by molar-refractivity contribution is -0.118. The van der Waals surface area contributed by atoms with Crippen LogP contribution in [0.15, 0.2) is 23.0 Å². The van der Waals surface area contributed by atoms with Crippen LogP contribution in [0.4, 0.5) is 0 Å². The summed E-state index contributed by atoms with van der Waals surface area (Å²) in [5, 5.41) is 3.32. The molecule has 14 heavy (non-hydrogen) atoms. The molecule has 0 saturated heterocycles. The SMILES string of the molecule is CC1=CCC2=C(CC(C)(C)CC2=O)N1. The molecule has 0 aromatic carbocycles. The van der Waals surface area contributed by atoms with E-state index in [-0.39, 0.29) is 5.41 Å². The lowest BCUT2D eigenvalue weighted by atomic mass is 9.74. The first-order chi connectivity index (χ1) is 6.48. The van der Waals surface area contributed by atoms with E-state index in [1.165, 1.54) is 5.70 Å². The summed E-state index contributed by atoms with van der Waals surface area (Å²) in [6.07, 6.45) is 4.61. The molecule has 2 heteroatoms. The van der Waals surface area contributed by atoms with E-state index in [1.54, 1.807) is 0 Å². The highest BCUT2D eigenvalue weighted by molar-refractivity contribution is 5.98. The van der Waals surface area contributed by atoms with Crippen molar-refractivity contribution in [2.24, 2.45) is 5.41 Å². The zero-order valence-corrected chi connectivity index (χ0v) is 9.11. The molecular formula is C12H17NO. The van der Waals surface area contributed by atoms with Gasteiger partial charge in [0.15, 0.2) is 5.78 Å². The van der Waals surface area contributed by atoms with Crippen LogP contribution in [0.2, 0.25) is 0 Å². The number of allylic oxidation sites excluding steroid dienone is 4. The molecule has 0 atom stereocenters. The van der Waals surface area contributed by atoms with E-state index in [2.05, 4.69) is 32.2 Å². The van der Waals surface area contributed by atoms with Crippen LogP contribution in [0.5, 0.6) is 0 Å². The van der Waals surface area contributed by atoms with Crippen molar-refractivity contribution in [1.29, 1.82) is 0 Å². The van der Waals surface area contributed by atoms with Crippen LogP contribution in [0.1, 0.15) is 40.0 Å². The van der Waals surface area contributed by atoms with Crippen LogP contribution in [-0.4, -0.2) is 5.78 Å². The minimum absolute atomic E-state index is 0.126. The van der Waals surface area contributed by atoms with Crippen molar-refractivity contribution in [3.05, 3.63) is 23.0 Å². The number of carbonyl (C=O) groups excluding carboxylic acids is 1. The third-order valence-electron chi connectivity index (χ3n) is 2.96. The van der Waals surface area contributed by atoms with Crippen molar-refractivity contribution in [3.63, 3.8) is 0 Å². The number of ketones is 1. The average Bonchev–Trinajstić information content (AvgIpc) is 2.00.